The number of amides is 1. The smallest absolute Gasteiger partial charge is 0.224 e. The maximum atomic E-state index is 12.7. The van der Waals surface area contributed by atoms with E-state index in [1.807, 2.05) is 13.0 Å². The van der Waals surface area contributed by atoms with Crippen molar-refractivity contribution < 1.29 is 22.7 Å². The molecular formula is C18H28N2O5S. The van der Waals surface area contributed by atoms with Crippen LogP contribution < -0.4 is 14.8 Å². The molecule has 1 saturated heterocycles. The standard InChI is InChI=1S/C18H28N2O5S/c1-5-26(22,23)20-10-6-7-14(12-20)18(21)19-13(2)16-11-15(24-3)8-9-17(16)25-4/h8-9,11,13-14H,5-7,10,12H2,1-4H3,(H,19,21)/t13-,14+/m0/s1. The number of methoxy groups -OCH3 is 2. The summed E-state index contributed by atoms with van der Waals surface area (Å²) in [6, 6.07) is 5.14. The largest absolute Gasteiger partial charge is 0.497 e. The first-order chi connectivity index (χ1) is 12.3. The summed E-state index contributed by atoms with van der Waals surface area (Å²) < 4.78 is 36.2. The van der Waals surface area contributed by atoms with Gasteiger partial charge >= 0.3 is 0 Å². The fraction of sp³-hybridized carbons (Fsp3) is 0.611. The third kappa shape index (κ3) is 4.67. The lowest BCUT2D eigenvalue weighted by molar-refractivity contribution is -0.126. The SMILES string of the molecule is CCS(=O)(=O)N1CCC[C@@H](C(=O)N[C@@H](C)c2cc(OC)ccc2OC)C1. The van der Waals surface area contributed by atoms with Crippen LogP contribution in [0.2, 0.25) is 0 Å². The number of hydrogen-bond donors (Lipinski definition) is 1. The Kier molecular flexibility index (Phi) is 6.88. The summed E-state index contributed by atoms with van der Waals surface area (Å²) >= 11 is 0. The molecule has 0 aliphatic carbocycles. The highest BCUT2D eigenvalue weighted by molar-refractivity contribution is 7.89. The van der Waals surface area contributed by atoms with Crippen molar-refractivity contribution in [2.45, 2.75) is 32.7 Å². The van der Waals surface area contributed by atoms with E-state index in [0.29, 0.717) is 30.9 Å². The van der Waals surface area contributed by atoms with E-state index in [0.717, 1.165) is 5.56 Å². The molecule has 0 saturated carbocycles. The predicted molar refractivity (Wildman–Crippen MR) is 99.9 cm³/mol. The highest BCUT2D eigenvalue weighted by Crippen LogP contribution is 2.30. The van der Waals surface area contributed by atoms with Gasteiger partial charge in [-0.1, -0.05) is 0 Å². The van der Waals surface area contributed by atoms with Gasteiger partial charge in [0, 0.05) is 18.7 Å². The minimum Gasteiger partial charge on any atom is -0.497 e. The summed E-state index contributed by atoms with van der Waals surface area (Å²) in [5.41, 5.74) is 0.814. The van der Waals surface area contributed by atoms with Crippen LogP contribution in [0, 0.1) is 5.92 Å². The molecule has 8 heteroatoms. The van der Waals surface area contributed by atoms with Crippen LogP contribution in [-0.4, -0.2) is 51.7 Å². The number of ether oxygens (including phenoxy) is 2. The second kappa shape index (κ2) is 8.73. The summed E-state index contributed by atoms with van der Waals surface area (Å²) in [7, 11) is -0.110. The van der Waals surface area contributed by atoms with Gasteiger partial charge in [0.25, 0.3) is 0 Å². The second-order valence-corrected chi connectivity index (χ2v) is 8.69. The van der Waals surface area contributed by atoms with Gasteiger partial charge in [0.15, 0.2) is 0 Å². The lowest BCUT2D eigenvalue weighted by atomic mass is 9.97. The Labute approximate surface area is 155 Å². The van der Waals surface area contributed by atoms with E-state index in [4.69, 9.17) is 9.47 Å². The van der Waals surface area contributed by atoms with Gasteiger partial charge in [0.05, 0.1) is 31.9 Å². The Hall–Kier alpha value is -1.80. The summed E-state index contributed by atoms with van der Waals surface area (Å²) in [5, 5.41) is 2.99. The number of rotatable bonds is 7. The quantitative estimate of drug-likeness (QED) is 0.777. The predicted octanol–water partition coefficient (Wildman–Crippen LogP) is 1.94. The van der Waals surface area contributed by atoms with Crippen molar-refractivity contribution in [1.29, 1.82) is 0 Å². The van der Waals surface area contributed by atoms with Crippen molar-refractivity contribution in [3.63, 3.8) is 0 Å². The van der Waals surface area contributed by atoms with E-state index in [2.05, 4.69) is 5.32 Å². The third-order valence-electron chi connectivity index (χ3n) is 4.78. The van der Waals surface area contributed by atoms with Gasteiger partial charge in [-0.3, -0.25) is 4.79 Å². The molecule has 0 spiro atoms. The summed E-state index contributed by atoms with van der Waals surface area (Å²) in [5.74, 6) is 0.915. The first kappa shape index (κ1) is 20.5. The summed E-state index contributed by atoms with van der Waals surface area (Å²) in [6.07, 6.45) is 1.37. The Morgan fingerprint density at radius 3 is 2.69 bits per heavy atom. The van der Waals surface area contributed by atoms with E-state index < -0.39 is 10.0 Å². The molecule has 1 aromatic rings. The average molecular weight is 384 g/mol. The highest BCUT2D eigenvalue weighted by atomic mass is 32.2. The van der Waals surface area contributed by atoms with Gasteiger partial charge in [-0.25, -0.2) is 12.7 Å². The van der Waals surface area contributed by atoms with Crippen LogP contribution in [-0.2, 0) is 14.8 Å². The fourth-order valence-corrected chi connectivity index (χ4v) is 4.36. The van der Waals surface area contributed by atoms with Crippen LogP contribution in [0.1, 0.15) is 38.3 Å². The Morgan fingerprint density at radius 1 is 1.35 bits per heavy atom. The summed E-state index contributed by atoms with van der Waals surface area (Å²) in [4.78, 5) is 12.7. The highest BCUT2D eigenvalue weighted by Gasteiger charge is 2.32. The molecule has 146 valence electrons. The Balaban J connectivity index is 2.09. The molecule has 2 rings (SSSR count). The first-order valence-electron chi connectivity index (χ1n) is 8.82. The topological polar surface area (TPSA) is 84.9 Å². The van der Waals surface area contributed by atoms with Crippen LogP contribution in [0.15, 0.2) is 18.2 Å². The first-order valence-corrected chi connectivity index (χ1v) is 10.4. The number of nitrogens with zero attached hydrogens (tertiary/aromatic N) is 1. The van der Waals surface area contributed by atoms with E-state index >= 15 is 0 Å². The lowest BCUT2D eigenvalue weighted by Crippen LogP contribution is -2.46. The van der Waals surface area contributed by atoms with E-state index in [-0.39, 0.29) is 30.2 Å². The molecule has 1 aromatic carbocycles. The van der Waals surface area contributed by atoms with E-state index in [9.17, 15) is 13.2 Å². The second-order valence-electron chi connectivity index (χ2n) is 6.44. The number of piperidine rings is 1. The number of hydrogen-bond acceptors (Lipinski definition) is 5. The molecule has 7 nitrogen and oxygen atoms in total. The number of nitrogens with one attached hydrogen (secondary N) is 1. The van der Waals surface area contributed by atoms with Crippen molar-refractivity contribution in [3.05, 3.63) is 23.8 Å². The fourth-order valence-electron chi connectivity index (χ4n) is 3.18. The van der Waals surface area contributed by atoms with Crippen molar-refractivity contribution in [3.8, 4) is 11.5 Å². The number of carbonyl (C=O) groups excluding carboxylic acids is 1. The Morgan fingerprint density at radius 2 is 2.08 bits per heavy atom. The average Bonchev–Trinajstić information content (AvgIpc) is 2.67. The van der Waals surface area contributed by atoms with E-state index in [1.165, 1.54) is 4.31 Å². The van der Waals surface area contributed by atoms with Crippen LogP contribution in [0.5, 0.6) is 11.5 Å². The van der Waals surface area contributed by atoms with Crippen molar-refractivity contribution in [1.82, 2.24) is 9.62 Å². The van der Waals surface area contributed by atoms with Crippen LogP contribution in [0.25, 0.3) is 0 Å². The maximum absolute atomic E-state index is 12.7. The van der Waals surface area contributed by atoms with Gasteiger partial charge in [-0.15, -0.1) is 0 Å². The molecule has 1 heterocycles. The molecule has 1 fully saturated rings. The molecule has 1 N–H and O–H groups in total. The zero-order chi connectivity index (χ0) is 19.3. The number of sulfonamides is 1. The van der Waals surface area contributed by atoms with Gasteiger partial charge in [0.2, 0.25) is 15.9 Å². The van der Waals surface area contributed by atoms with Gasteiger partial charge in [-0.2, -0.15) is 0 Å². The van der Waals surface area contributed by atoms with Crippen LogP contribution in [0.3, 0.4) is 0 Å². The molecule has 0 bridgehead atoms. The Bertz CT molecular complexity index is 735. The summed E-state index contributed by atoms with van der Waals surface area (Å²) in [6.45, 7) is 4.22. The third-order valence-corrected chi connectivity index (χ3v) is 6.62. The number of benzene rings is 1. The number of carbonyl (C=O) groups is 1. The minimum absolute atomic E-state index is 0.0543. The van der Waals surface area contributed by atoms with Gasteiger partial charge in [0.1, 0.15) is 11.5 Å². The molecule has 2 atom stereocenters. The maximum Gasteiger partial charge on any atom is 0.224 e. The molecule has 26 heavy (non-hydrogen) atoms. The zero-order valence-corrected chi connectivity index (χ0v) is 16.6. The normalized spacial score (nSPS) is 19.6. The van der Waals surface area contributed by atoms with Gasteiger partial charge < -0.3 is 14.8 Å². The van der Waals surface area contributed by atoms with Crippen molar-refractivity contribution in [2.75, 3.05) is 33.1 Å². The minimum atomic E-state index is -3.27. The van der Waals surface area contributed by atoms with Crippen LogP contribution >= 0.6 is 0 Å². The molecule has 0 aromatic heterocycles. The van der Waals surface area contributed by atoms with Crippen molar-refractivity contribution >= 4 is 15.9 Å². The van der Waals surface area contributed by atoms with Crippen LogP contribution in [0.4, 0.5) is 0 Å². The molecule has 1 aliphatic heterocycles. The monoisotopic (exact) mass is 384 g/mol. The van der Waals surface area contributed by atoms with Gasteiger partial charge in [-0.05, 0) is 44.9 Å². The molecule has 1 amide bonds. The van der Waals surface area contributed by atoms with Crippen molar-refractivity contribution in [2.24, 2.45) is 5.92 Å². The zero-order valence-electron chi connectivity index (χ0n) is 15.8. The molecule has 1 aliphatic rings. The van der Waals surface area contributed by atoms with E-state index in [1.54, 1.807) is 33.3 Å². The lowest BCUT2D eigenvalue weighted by Gasteiger charge is -2.31. The molecule has 0 radical (unpaired) electrons. The molecular weight excluding hydrogens is 356 g/mol. The molecule has 0 unspecified atom stereocenters.